The van der Waals surface area contributed by atoms with Gasteiger partial charge in [-0.15, -0.1) is 11.6 Å². The van der Waals surface area contributed by atoms with Crippen molar-refractivity contribution in [1.29, 1.82) is 0 Å². The summed E-state index contributed by atoms with van der Waals surface area (Å²) in [5.41, 5.74) is 2.00. The van der Waals surface area contributed by atoms with E-state index in [9.17, 15) is 4.79 Å². The van der Waals surface area contributed by atoms with E-state index in [1.807, 2.05) is 36.4 Å². The van der Waals surface area contributed by atoms with Gasteiger partial charge in [0.25, 0.3) is 0 Å². The van der Waals surface area contributed by atoms with Crippen LogP contribution in [0.25, 0.3) is 21.5 Å². The molecule has 19 heavy (non-hydrogen) atoms. The van der Waals surface area contributed by atoms with E-state index in [2.05, 4.69) is 12.1 Å². The molecule has 1 nitrogen and oxygen atoms in total. The molecule has 0 spiro atoms. The van der Waals surface area contributed by atoms with Crippen LogP contribution in [0.3, 0.4) is 0 Å². The molecule has 3 rings (SSSR count). The number of aldehydes is 1. The van der Waals surface area contributed by atoms with Crippen LogP contribution in [0.5, 0.6) is 0 Å². The predicted molar refractivity (Wildman–Crippen MR) is 81.3 cm³/mol. The van der Waals surface area contributed by atoms with Crippen LogP contribution in [0.15, 0.2) is 48.5 Å². The number of hydrogen-bond donors (Lipinski definition) is 0. The van der Waals surface area contributed by atoms with E-state index in [-0.39, 0.29) is 0 Å². The topological polar surface area (TPSA) is 17.1 Å². The van der Waals surface area contributed by atoms with E-state index >= 15 is 0 Å². The molecule has 3 aromatic carbocycles. The molecular weight excluding hydrogens is 256 g/mol. The van der Waals surface area contributed by atoms with E-state index in [1.54, 1.807) is 0 Å². The Morgan fingerprint density at radius 2 is 1.32 bits per heavy atom. The van der Waals surface area contributed by atoms with Gasteiger partial charge >= 0.3 is 0 Å². The first-order valence-corrected chi connectivity index (χ1v) is 6.83. The number of carbonyl (C=O) groups is 1. The van der Waals surface area contributed by atoms with Gasteiger partial charge in [0.05, 0.1) is 0 Å². The lowest BCUT2D eigenvalue weighted by molar-refractivity contribution is 0.112. The lowest BCUT2D eigenvalue weighted by Crippen LogP contribution is -1.95. The van der Waals surface area contributed by atoms with Crippen molar-refractivity contribution in [2.24, 2.45) is 0 Å². The number of alkyl halides is 1. The molecule has 0 fully saturated rings. The van der Waals surface area contributed by atoms with Crippen LogP contribution in [0, 0.1) is 0 Å². The molecule has 0 aliphatic carbocycles. The number of aryl methyl sites for hydroxylation is 1. The molecule has 0 saturated carbocycles. The third kappa shape index (κ3) is 1.91. The van der Waals surface area contributed by atoms with Gasteiger partial charge in [0.1, 0.15) is 0 Å². The minimum atomic E-state index is 0.578. The summed E-state index contributed by atoms with van der Waals surface area (Å²) in [7, 11) is 0. The molecular formula is C17H13ClO. The van der Waals surface area contributed by atoms with E-state index < -0.39 is 0 Å². The van der Waals surface area contributed by atoms with Crippen molar-refractivity contribution < 1.29 is 4.79 Å². The van der Waals surface area contributed by atoms with Gasteiger partial charge < -0.3 is 0 Å². The predicted octanol–water partition coefficient (Wildman–Crippen LogP) is 4.59. The van der Waals surface area contributed by atoms with E-state index in [4.69, 9.17) is 11.6 Å². The average molecular weight is 269 g/mol. The number of halogens is 1. The highest BCUT2D eigenvalue weighted by atomic mass is 35.5. The Kier molecular flexibility index (Phi) is 3.22. The van der Waals surface area contributed by atoms with Crippen LogP contribution in [0.2, 0.25) is 0 Å². The third-order valence-electron chi connectivity index (χ3n) is 3.55. The van der Waals surface area contributed by atoms with Crippen LogP contribution in [-0.2, 0) is 6.42 Å². The Labute approximate surface area is 116 Å². The second-order valence-electron chi connectivity index (χ2n) is 4.54. The number of rotatable bonds is 3. The van der Waals surface area contributed by atoms with Gasteiger partial charge in [-0.05, 0) is 33.5 Å². The molecule has 0 N–H and O–H groups in total. The maximum Gasteiger partial charge on any atom is 0.151 e. The number of hydrogen-bond acceptors (Lipinski definition) is 1. The smallest absolute Gasteiger partial charge is 0.151 e. The Hall–Kier alpha value is -1.86. The molecule has 2 heteroatoms. The molecule has 0 heterocycles. The summed E-state index contributed by atoms with van der Waals surface area (Å²) in [6.07, 6.45) is 1.76. The van der Waals surface area contributed by atoms with Crippen LogP contribution in [-0.4, -0.2) is 12.2 Å². The van der Waals surface area contributed by atoms with Gasteiger partial charge in [-0.25, -0.2) is 0 Å². The molecule has 0 bridgehead atoms. The van der Waals surface area contributed by atoms with Crippen LogP contribution < -0.4 is 0 Å². The molecule has 0 unspecified atom stereocenters. The molecule has 0 aromatic heterocycles. The van der Waals surface area contributed by atoms with E-state index in [0.717, 1.165) is 39.8 Å². The van der Waals surface area contributed by atoms with Crippen molar-refractivity contribution >= 4 is 39.4 Å². The Morgan fingerprint density at radius 3 is 1.74 bits per heavy atom. The summed E-state index contributed by atoms with van der Waals surface area (Å²) >= 11 is 5.94. The van der Waals surface area contributed by atoms with Crippen molar-refractivity contribution in [2.75, 3.05) is 5.88 Å². The Morgan fingerprint density at radius 1 is 0.842 bits per heavy atom. The molecule has 0 aliphatic rings. The number of fused-ring (bicyclic) bond motifs is 2. The van der Waals surface area contributed by atoms with E-state index in [0.29, 0.717) is 5.88 Å². The zero-order chi connectivity index (χ0) is 13.2. The molecule has 0 aliphatic heterocycles. The second kappa shape index (κ2) is 5.02. The molecule has 0 radical (unpaired) electrons. The third-order valence-corrected chi connectivity index (χ3v) is 3.74. The molecule has 3 aromatic rings. The number of benzene rings is 3. The van der Waals surface area contributed by atoms with Gasteiger partial charge in [0, 0.05) is 11.4 Å². The zero-order valence-corrected chi connectivity index (χ0v) is 11.2. The largest absolute Gasteiger partial charge is 0.298 e. The number of carbonyl (C=O) groups excluding carboxylic acids is 1. The van der Waals surface area contributed by atoms with Crippen LogP contribution >= 0.6 is 11.6 Å². The Balaban J connectivity index is 2.57. The fraction of sp³-hybridized carbons (Fsp3) is 0.118. The van der Waals surface area contributed by atoms with Crippen molar-refractivity contribution in [3.63, 3.8) is 0 Å². The second-order valence-corrected chi connectivity index (χ2v) is 4.92. The van der Waals surface area contributed by atoms with Crippen molar-refractivity contribution in [1.82, 2.24) is 0 Å². The lowest BCUT2D eigenvalue weighted by Gasteiger charge is -2.13. The first-order chi connectivity index (χ1) is 9.36. The SMILES string of the molecule is O=Cc1c2ccccc2c(CCCl)c2ccccc12. The maximum atomic E-state index is 11.5. The maximum absolute atomic E-state index is 11.5. The van der Waals surface area contributed by atoms with Crippen molar-refractivity contribution in [3.8, 4) is 0 Å². The van der Waals surface area contributed by atoms with Crippen molar-refractivity contribution in [2.45, 2.75) is 6.42 Å². The Bertz CT molecular complexity index is 705. The molecule has 0 saturated heterocycles. The standard InChI is InChI=1S/C17H13ClO/c18-10-9-16-12-5-1-3-7-14(12)17(11-19)15-8-4-2-6-13(15)16/h1-8,11H,9-10H2. The van der Waals surface area contributed by atoms with Crippen LogP contribution in [0.1, 0.15) is 15.9 Å². The molecule has 94 valence electrons. The monoisotopic (exact) mass is 268 g/mol. The normalized spacial score (nSPS) is 11.0. The first-order valence-electron chi connectivity index (χ1n) is 6.30. The summed E-state index contributed by atoms with van der Waals surface area (Å²) in [6.45, 7) is 0. The molecule has 0 atom stereocenters. The molecule has 0 amide bonds. The summed E-state index contributed by atoms with van der Waals surface area (Å²) < 4.78 is 0. The highest BCUT2D eigenvalue weighted by molar-refractivity contribution is 6.19. The van der Waals surface area contributed by atoms with Gasteiger partial charge in [-0.3, -0.25) is 4.79 Å². The van der Waals surface area contributed by atoms with Crippen LogP contribution in [0.4, 0.5) is 0 Å². The van der Waals surface area contributed by atoms with E-state index in [1.165, 1.54) is 5.56 Å². The quantitative estimate of drug-likeness (QED) is 0.386. The summed E-state index contributed by atoms with van der Waals surface area (Å²) in [4.78, 5) is 11.5. The summed E-state index contributed by atoms with van der Waals surface area (Å²) in [5.74, 6) is 0.578. The summed E-state index contributed by atoms with van der Waals surface area (Å²) in [5, 5.41) is 4.28. The average Bonchev–Trinajstić information content (AvgIpc) is 2.47. The highest BCUT2D eigenvalue weighted by Gasteiger charge is 2.12. The van der Waals surface area contributed by atoms with Crippen molar-refractivity contribution in [3.05, 3.63) is 59.7 Å². The minimum Gasteiger partial charge on any atom is -0.298 e. The lowest BCUT2D eigenvalue weighted by atomic mass is 9.91. The fourth-order valence-corrected chi connectivity index (χ4v) is 2.93. The first kappa shape index (κ1) is 12.2. The van der Waals surface area contributed by atoms with Gasteiger partial charge in [0.15, 0.2) is 6.29 Å². The van der Waals surface area contributed by atoms with Gasteiger partial charge in [-0.1, -0.05) is 48.5 Å². The summed E-state index contributed by atoms with van der Waals surface area (Å²) in [6, 6.07) is 16.1. The zero-order valence-electron chi connectivity index (χ0n) is 10.4. The fourth-order valence-electron chi connectivity index (χ4n) is 2.74. The van der Waals surface area contributed by atoms with Gasteiger partial charge in [0.2, 0.25) is 0 Å². The highest BCUT2D eigenvalue weighted by Crippen LogP contribution is 2.32. The van der Waals surface area contributed by atoms with Gasteiger partial charge in [-0.2, -0.15) is 0 Å². The minimum absolute atomic E-state index is 0.578.